The van der Waals surface area contributed by atoms with Crippen molar-refractivity contribution >= 4 is 49.7 Å². The fourth-order valence-corrected chi connectivity index (χ4v) is 5.14. The van der Waals surface area contributed by atoms with Gasteiger partial charge in [0.25, 0.3) is 0 Å². The van der Waals surface area contributed by atoms with Crippen LogP contribution in [-0.2, 0) is 25.8 Å². The van der Waals surface area contributed by atoms with Crippen molar-refractivity contribution in [1.82, 2.24) is 4.98 Å². The highest BCUT2D eigenvalue weighted by Gasteiger charge is 2.20. The lowest BCUT2D eigenvalue weighted by atomic mass is 10.0. The van der Waals surface area contributed by atoms with Crippen molar-refractivity contribution in [3.8, 4) is 6.07 Å². The summed E-state index contributed by atoms with van der Waals surface area (Å²) in [5, 5.41) is 26.5. The molecule has 0 aliphatic rings. The smallest absolute Gasteiger partial charge is 0.330 e. The molecule has 40 heavy (non-hydrogen) atoms. The van der Waals surface area contributed by atoms with Crippen LogP contribution in [0.3, 0.4) is 0 Å². The van der Waals surface area contributed by atoms with Crippen LogP contribution in [0.4, 0.5) is 17.2 Å². The number of nitrogens with zero attached hydrogens (tertiary/aromatic N) is 2. The maximum Gasteiger partial charge on any atom is 0.330 e. The number of aromatic nitrogens is 1. The van der Waals surface area contributed by atoms with Crippen LogP contribution in [0, 0.1) is 11.3 Å². The lowest BCUT2D eigenvalue weighted by Gasteiger charge is -2.17. The third-order valence-electron chi connectivity index (χ3n) is 6.32. The van der Waals surface area contributed by atoms with E-state index in [1.807, 2.05) is 24.3 Å². The van der Waals surface area contributed by atoms with E-state index in [0.717, 1.165) is 22.6 Å². The van der Waals surface area contributed by atoms with Gasteiger partial charge in [0.1, 0.15) is 11.9 Å². The number of nitrogens with one attached hydrogen (secondary N) is 2. The van der Waals surface area contributed by atoms with Gasteiger partial charge in [0.2, 0.25) is 5.91 Å². The number of pyridine rings is 1. The van der Waals surface area contributed by atoms with Crippen molar-refractivity contribution in [2.24, 2.45) is 0 Å². The average Bonchev–Trinajstić information content (AvgIpc) is 2.91. The highest BCUT2D eigenvalue weighted by atomic mass is 32.2. The Morgan fingerprint density at radius 1 is 1.05 bits per heavy atom. The second kappa shape index (κ2) is 11.8. The van der Waals surface area contributed by atoms with E-state index < -0.39 is 21.8 Å². The van der Waals surface area contributed by atoms with Crippen LogP contribution in [-0.4, -0.2) is 36.6 Å². The molecule has 0 bridgehead atoms. The molecule has 10 nitrogen and oxygen atoms in total. The normalized spacial score (nSPS) is 11.9. The molecule has 11 heteroatoms. The van der Waals surface area contributed by atoms with Crippen LogP contribution >= 0.6 is 0 Å². The average molecular weight is 558 g/mol. The molecule has 0 spiro atoms. The molecule has 1 amide bonds. The molecular weight excluding hydrogens is 530 g/mol. The maximum absolute atomic E-state index is 12.4. The predicted molar refractivity (Wildman–Crippen MR) is 152 cm³/mol. The van der Waals surface area contributed by atoms with Gasteiger partial charge in [-0.25, -0.2) is 18.2 Å². The molecule has 4 aromatic rings. The Hall–Kier alpha value is -4.95. The Balaban J connectivity index is 1.34. The van der Waals surface area contributed by atoms with E-state index in [-0.39, 0.29) is 22.8 Å². The predicted octanol–water partition coefficient (Wildman–Crippen LogP) is 4.29. The van der Waals surface area contributed by atoms with Crippen LogP contribution in [0.25, 0.3) is 10.8 Å². The number of aryl methyl sites for hydroxylation is 1. The van der Waals surface area contributed by atoms with Gasteiger partial charge in [0, 0.05) is 35.6 Å². The number of carbonyl (C=O) groups excluding carboxylic acids is 1. The molecule has 0 aliphatic heterocycles. The van der Waals surface area contributed by atoms with Crippen molar-refractivity contribution in [2.75, 3.05) is 22.6 Å². The lowest BCUT2D eigenvalue weighted by Crippen LogP contribution is -2.20. The minimum absolute atomic E-state index is 0.0304. The Morgan fingerprint density at radius 3 is 2.45 bits per heavy atom. The summed E-state index contributed by atoms with van der Waals surface area (Å²) in [6.07, 6.45) is 3.95. The van der Waals surface area contributed by atoms with Crippen molar-refractivity contribution in [3.05, 3.63) is 89.6 Å². The van der Waals surface area contributed by atoms with E-state index in [1.54, 1.807) is 36.5 Å². The van der Waals surface area contributed by atoms with Crippen molar-refractivity contribution in [2.45, 2.75) is 30.2 Å². The molecule has 1 atom stereocenters. The topological polar surface area (TPSA) is 175 Å². The third kappa shape index (κ3) is 6.73. The number of sulfone groups is 1. The Labute approximate surface area is 231 Å². The van der Waals surface area contributed by atoms with Crippen LogP contribution in [0.1, 0.15) is 35.6 Å². The summed E-state index contributed by atoms with van der Waals surface area (Å²) in [6.45, 7) is 0. The van der Waals surface area contributed by atoms with Gasteiger partial charge in [0.15, 0.2) is 15.9 Å². The van der Waals surface area contributed by atoms with E-state index in [0.29, 0.717) is 35.6 Å². The first-order valence-corrected chi connectivity index (χ1v) is 14.2. The van der Waals surface area contributed by atoms with Gasteiger partial charge in [-0.2, -0.15) is 5.26 Å². The molecule has 0 saturated heterocycles. The Morgan fingerprint density at radius 2 is 1.77 bits per heavy atom. The van der Waals surface area contributed by atoms with Gasteiger partial charge in [0.05, 0.1) is 10.5 Å². The molecule has 204 valence electrons. The van der Waals surface area contributed by atoms with Crippen molar-refractivity contribution in [1.29, 1.82) is 5.26 Å². The van der Waals surface area contributed by atoms with E-state index in [4.69, 9.17) is 5.73 Å². The number of nitrogen functional groups attached to an aromatic ring is 1. The highest BCUT2D eigenvalue weighted by Crippen LogP contribution is 2.26. The minimum Gasteiger partial charge on any atom is -0.479 e. The van der Waals surface area contributed by atoms with Crippen molar-refractivity contribution in [3.63, 3.8) is 0 Å². The third-order valence-corrected chi connectivity index (χ3v) is 7.47. The number of aliphatic carboxylic acids is 1. The zero-order chi connectivity index (χ0) is 28.9. The first-order chi connectivity index (χ1) is 19.0. The van der Waals surface area contributed by atoms with E-state index in [1.165, 1.54) is 18.2 Å². The summed E-state index contributed by atoms with van der Waals surface area (Å²) in [5.41, 5.74) is 8.37. The number of carboxylic acids is 1. The van der Waals surface area contributed by atoms with E-state index in [9.17, 15) is 28.4 Å². The number of fused-ring (bicyclic) bond motifs is 1. The zero-order valence-electron chi connectivity index (χ0n) is 21.6. The number of hydrogen-bond donors (Lipinski definition) is 4. The minimum atomic E-state index is -3.55. The molecule has 4 rings (SSSR count). The summed E-state index contributed by atoms with van der Waals surface area (Å²) in [7, 11) is -3.55. The largest absolute Gasteiger partial charge is 0.479 e. The van der Waals surface area contributed by atoms with Gasteiger partial charge in [-0.3, -0.25) is 4.79 Å². The van der Waals surface area contributed by atoms with E-state index >= 15 is 0 Å². The SMILES string of the molecule is CS(=O)(=O)c1ccc(NC(=O)CCCc2ccc(C(Nc3ccc4c(N)nccc4c3)C(=O)O)cc2)cc1C#N. The number of benzene rings is 3. The monoisotopic (exact) mass is 557 g/mol. The molecule has 1 aromatic heterocycles. The maximum atomic E-state index is 12.4. The van der Waals surface area contributed by atoms with Gasteiger partial charge >= 0.3 is 5.97 Å². The van der Waals surface area contributed by atoms with Gasteiger partial charge < -0.3 is 21.5 Å². The number of carbonyl (C=O) groups is 2. The second-order valence-corrected chi connectivity index (χ2v) is 11.3. The van der Waals surface area contributed by atoms with Crippen LogP contribution in [0.5, 0.6) is 0 Å². The fourth-order valence-electron chi connectivity index (χ4n) is 4.32. The molecule has 0 aliphatic carbocycles. The number of carboxylic acid groups (broad SMARTS) is 1. The number of anilines is 3. The van der Waals surface area contributed by atoms with Crippen LogP contribution < -0.4 is 16.4 Å². The molecule has 0 saturated carbocycles. The summed E-state index contributed by atoms with van der Waals surface area (Å²) in [4.78, 5) is 28.4. The highest BCUT2D eigenvalue weighted by molar-refractivity contribution is 7.90. The zero-order valence-corrected chi connectivity index (χ0v) is 22.4. The first-order valence-electron chi connectivity index (χ1n) is 12.3. The summed E-state index contributed by atoms with van der Waals surface area (Å²) in [5.74, 6) is -0.887. The summed E-state index contributed by atoms with van der Waals surface area (Å²) >= 11 is 0. The number of rotatable bonds is 10. The van der Waals surface area contributed by atoms with Crippen LogP contribution in [0.2, 0.25) is 0 Å². The number of nitriles is 1. The standard InChI is InChI=1S/C29H27N5O5S/c1-40(38,39)25-12-10-22(16-21(25)17-30)33-26(35)4-2-3-18-5-7-19(8-6-18)27(29(36)37)34-23-9-11-24-20(15-23)13-14-32-28(24)31/h5-16,27,34H,2-4H2,1H3,(H2,31,32)(H,33,35)(H,36,37). The fraction of sp³-hybridized carbons (Fsp3) is 0.172. The molecule has 0 fully saturated rings. The van der Waals surface area contributed by atoms with Gasteiger partial charge in [-0.1, -0.05) is 24.3 Å². The molecule has 1 unspecified atom stereocenters. The molecule has 3 aromatic carbocycles. The molecule has 5 N–H and O–H groups in total. The number of nitrogens with two attached hydrogens (primary N) is 1. The van der Waals surface area contributed by atoms with Gasteiger partial charge in [-0.05, 0) is 71.8 Å². The Bertz CT molecular complexity index is 1730. The van der Waals surface area contributed by atoms with Crippen LogP contribution in [0.15, 0.2) is 77.8 Å². The van der Waals surface area contributed by atoms with Crippen molar-refractivity contribution < 1.29 is 23.1 Å². The molecule has 0 radical (unpaired) electrons. The molecule has 1 heterocycles. The quantitative estimate of drug-likeness (QED) is 0.222. The van der Waals surface area contributed by atoms with Gasteiger partial charge in [-0.15, -0.1) is 0 Å². The second-order valence-electron chi connectivity index (χ2n) is 9.29. The summed E-state index contributed by atoms with van der Waals surface area (Å²) in [6, 6.07) is 19.3. The first kappa shape index (κ1) is 28.1. The molecular formula is C29H27N5O5S. The lowest BCUT2D eigenvalue weighted by molar-refractivity contribution is -0.138. The van der Waals surface area contributed by atoms with E-state index in [2.05, 4.69) is 15.6 Å². The number of amides is 1. The number of hydrogen-bond acceptors (Lipinski definition) is 8. The summed E-state index contributed by atoms with van der Waals surface area (Å²) < 4.78 is 23.5. The Kier molecular flexibility index (Phi) is 8.31.